The van der Waals surface area contributed by atoms with Crippen molar-refractivity contribution in [3.8, 4) is 22.5 Å². The molecular formula is C34H41ClN10O5. The van der Waals surface area contributed by atoms with Crippen LogP contribution in [0.1, 0.15) is 47.3 Å². The van der Waals surface area contributed by atoms with E-state index < -0.39 is 24.0 Å². The maximum absolute atomic E-state index is 13.8. The molecule has 1 amide bonds. The summed E-state index contributed by atoms with van der Waals surface area (Å²) in [7, 11) is 2.68. The molecule has 6 rings (SSSR count). The number of methoxy groups -OCH3 is 2. The second-order valence-electron chi connectivity index (χ2n) is 11.9. The van der Waals surface area contributed by atoms with Crippen LogP contribution < -0.4 is 11.1 Å². The summed E-state index contributed by atoms with van der Waals surface area (Å²) in [6.07, 6.45) is 7.51. The number of nitrogens with one attached hydrogen (secondary N) is 2. The second-order valence-corrected chi connectivity index (χ2v) is 11.9. The molecule has 0 saturated carbocycles. The van der Waals surface area contributed by atoms with Crippen LogP contribution in [0.5, 0.6) is 0 Å². The third-order valence-corrected chi connectivity index (χ3v) is 8.80. The Kier molecular flexibility index (Phi) is 12.0. The topological polar surface area (TPSA) is 188 Å². The molecule has 0 spiro atoms. The number of nitrogens with two attached hydrogens (primary N) is 1. The van der Waals surface area contributed by atoms with Crippen LogP contribution in [0, 0.1) is 0 Å². The van der Waals surface area contributed by atoms with Gasteiger partial charge in [0, 0.05) is 66.4 Å². The second kappa shape index (κ2) is 16.5. The molecule has 2 atom stereocenters. The highest BCUT2D eigenvalue weighted by molar-refractivity contribution is 5.97. The average molecular weight is 705 g/mol. The van der Waals surface area contributed by atoms with Crippen molar-refractivity contribution in [3.63, 3.8) is 0 Å². The molecule has 4 heterocycles. The molecule has 1 saturated heterocycles. The van der Waals surface area contributed by atoms with Crippen LogP contribution in [0.3, 0.4) is 0 Å². The van der Waals surface area contributed by atoms with Gasteiger partial charge in [-0.25, -0.2) is 19.0 Å². The van der Waals surface area contributed by atoms with Gasteiger partial charge in [0.25, 0.3) is 5.91 Å². The summed E-state index contributed by atoms with van der Waals surface area (Å²) >= 11 is 0. The highest BCUT2D eigenvalue weighted by atomic mass is 35.5. The summed E-state index contributed by atoms with van der Waals surface area (Å²) in [6, 6.07) is 11.8. The lowest BCUT2D eigenvalue weighted by Crippen LogP contribution is -2.46. The molecule has 4 N–H and O–H groups in total. The molecule has 0 unspecified atom stereocenters. The Labute approximate surface area is 294 Å². The summed E-state index contributed by atoms with van der Waals surface area (Å²) in [5.74, 6) is -1.03. The van der Waals surface area contributed by atoms with Gasteiger partial charge in [0.1, 0.15) is 11.4 Å². The summed E-state index contributed by atoms with van der Waals surface area (Å²) < 4.78 is 13.2. The number of halogens is 1. The zero-order valence-corrected chi connectivity index (χ0v) is 28.8. The number of hydrogen-bond acceptors (Lipinski definition) is 11. The number of ether oxygens (including phenoxy) is 2. The first kappa shape index (κ1) is 36.2. The average Bonchev–Trinajstić information content (AvgIpc) is 3.93. The summed E-state index contributed by atoms with van der Waals surface area (Å²) in [6.45, 7) is 3.06. The van der Waals surface area contributed by atoms with Crippen molar-refractivity contribution in [1.82, 2.24) is 45.2 Å². The van der Waals surface area contributed by atoms with Gasteiger partial charge in [0.2, 0.25) is 0 Å². The number of carbonyl (C=O) groups is 3. The third kappa shape index (κ3) is 7.85. The summed E-state index contributed by atoms with van der Waals surface area (Å²) in [4.78, 5) is 44.5. The third-order valence-electron chi connectivity index (χ3n) is 8.80. The lowest BCUT2D eigenvalue weighted by Gasteiger charge is -2.27. The van der Waals surface area contributed by atoms with Crippen molar-refractivity contribution < 1.29 is 23.9 Å². The van der Waals surface area contributed by atoms with Crippen LogP contribution in [0.15, 0.2) is 61.1 Å². The van der Waals surface area contributed by atoms with Crippen LogP contribution in [0.4, 0.5) is 0 Å². The zero-order valence-electron chi connectivity index (χ0n) is 27.9. The van der Waals surface area contributed by atoms with Gasteiger partial charge >= 0.3 is 11.9 Å². The molecule has 3 aromatic heterocycles. The number of fused-ring (bicyclic) bond motifs is 1. The number of amides is 1. The lowest BCUT2D eigenvalue weighted by atomic mass is 10.0. The molecule has 1 aliphatic rings. The molecule has 264 valence electrons. The van der Waals surface area contributed by atoms with Crippen molar-refractivity contribution in [1.29, 1.82) is 0 Å². The Morgan fingerprint density at radius 2 is 1.50 bits per heavy atom. The number of aromatic amines is 1. The minimum atomic E-state index is -0.787. The van der Waals surface area contributed by atoms with Crippen molar-refractivity contribution >= 4 is 41.2 Å². The van der Waals surface area contributed by atoms with E-state index in [2.05, 4.69) is 30.9 Å². The van der Waals surface area contributed by atoms with E-state index in [1.807, 2.05) is 36.5 Å². The number of unbranched alkanes of at least 4 members (excludes halogenated alkanes) is 1. The first-order chi connectivity index (χ1) is 23.9. The van der Waals surface area contributed by atoms with E-state index in [9.17, 15) is 14.4 Å². The number of rotatable bonds is 13. The summed E-state index contributed by atoms with van der Waals surface area (Å²) in [5, 5.41) is 21.7. The number of aromatic nitrogens is 7. The van der Waals surface area contributed by atoms with E-state index in [-0.39, 0.29) is 18.3 Å². The standard InChI is InChI=1S/C34H40N10O5.ClH/c1-48-33(46)30(9-5-6-10-35)43-20-28(38-40-43)22-15-23(17-24(16-22)32(45)42-13-11-36-12-14-42)29-21-44(41-39-29)31(34(47)49-2)18-25-19-37-27-8-4-3-7-26(25)27;/h3-4,7-8,15-17,19-21,30-31,36-37H,5-6,9-14,18,35H2,1-2H3;1H/t30-,31-;/m0./s1. The minimum Gasteiger partial charge on any atom is -0.467 e. The number of piperazine rings is 1. The maximum Gasteiger partial charge on any atom is 0.331 e. The molecule has 2 aromatic carbocycles. The van der Waals surface area contributed by atoms with Crippen LogP contribution in [0.25, 0.3) is 33.4 Å². The van der Waals surface area contributed by atoms with E-state index in [0.29, 0.717) is 80.1 Å². The molecule has 1 aliphatic heterocycles. The predicted octanol–water partition coefficient (Wildman–Crippen LogP) is 2.95. The van der Waals surface area contributed by atoms with Gasteiger partial charge in [-0.3, -0.25) is 4.79 Å². The van der Waals surface area contributed by atoms with Crippen molar-refractivity contribution in [2.45, 2.75) is 37.8 Å². The highest BCUT2D eigenvalue weighted by Crippen LogP contribution is 2.30. The van der Waals surface area contributed by atoms with E-state index in [1.54, 1.807) is 29.4 Å². The molecule has 15 nitrogen and oxygen atoms in total. The zero-order chi connectivity index (χ0) is 34.3. The molecule has 5 aromatic rings. The molecule has 0 aliphatic carbocycles. The quantitative estimate of drug-likeness (QED) is 0.121. The van der Waals surface area contributed by atoms with E-state index >= 15 is 0 Å². The Morgan fingerprint density at radius 3 is 2.14 bits per heavy atom. The SMILES string of the molecule is COC(=O)[C@H](CCCCN)n1cc(-c2cc(C(=O)N3CCNCC3)cc(-c3cn([C@@H](Cc4c[nH]c5ccccc45)C(=O)OC)nn3)c2)nn1.Cl. The minimum absolute atomic E-state index is 0. The lowest BCUT2D eigenvalue weighted by molar-refractivity contribution is -0.146. The van der Waals surface area contributed by atoms with E-state index in [1.165, 1.54) is 23.6 Å². The number of benzene rings is 2. The Bertz CT molecular complexity index is 1930. The molecular weight excluding hydrogens is 664 g/mol. The molecule has 16 heteroatoms. The van der Waals surface area contributed by atoms with Crippen molar-refractivity contribution in [2.75, 3.05) is 46.9 Å². The fraction of sp³-hybridized carbons (Fsp3) is 0.382. The van der Waals surface area contributed by atoms with Crippen molar-refractivity contribution in [2.24, 2.45) is 5.73 Å². The molecule has 0 radical (unpaired) electrons. The van der Waals surface area contributed by atoms with Gasteiger partial charge in [-0.05, 0) is 55.6 Å². The number of carbonyl (C=O) groups excluding carboxylic acids is 3. The number of nitrogens with zero attached hydrogens (tertiary/aromatic N) is 7. The number of H-pyrrole nitrogens is 1. The maximum atomic E-state index is 13.8. The van der Waals surface area contributed by atoms with Gasteiger partial charge in [-0.1, -0.05) is 28.6 Å². The molecule has 50 heavy (non-hydrogen) atoms. The smallest absolute Gasteiger partial charge is 0.331 e. The number of para-hydroxylation sites is 1. The predicted molar refractivity (Wildman–Crippen MR) is 188 cm³/mol. The van der Waals surface area contributed by atoms with Crippen LogP contribution in [-0.2, 0) is 25.5 Å². The normalized spacial score (nSPS) is 14.2. The van der Waals surface area contributed by atoms with Crippen LogP contribution in [-0.4, -0.2) is 105 Å². The van der Waals surface area contributed by atoms with Gasteiger partial charge in [-0.15, -0.1) is 22.6 Å². The fourth-order valence-electron chi connectivity index (χ4n) is 6.13. The van der Waals surface area contributed by atoms with E-state index in [4.69, 9.17) is 15.2 Å². The summed E-state index contributed by atoms with van der Waals surface area (Å²) in [5.41, 5.74) is 10.1. The Hall–Kier alpha value is -5.12. The highest BCUT2D eigenvalue weighted by Gasteiger charge is 2.27. The molecule has 0 bridgehead atoms. The van der Waals surface area contributed by atoms with Gasteiger partial charge in [0.15, 0.2) is 12.1 Å². The number of hydrogen-bond donors (Lipinski definition) is 3. The first-order valence-electron chi connectivity index (χ1n) is 16.3. The fourth-order valence-corrected chi connectivity index (χ4v) is 6.13. The van der Waals surface area contributed by atoms with Gasteiger partial charge in [-0.2, -0.15) is 0 Å². The van der Waals surface area contributed by atoms with Crippen LogP contribution >= 0.6 is 12.4 Å². The van der Waals surface area contributed by atoms with Crippen molar-refractivity contribution in [3.05, 3.63) is 72.2 Å². The van der Waals surface area contributed by atoms with E-state index in [0.717, 1.165) is 22.9 Å². The Balaban J connectivity index is 0.00000486. The monoisotopic (exact) mass is 704 g/mol. The molecule has 1 fully saturated rings. The van der Waals surface area contributed by atoms with Gasteiger partial charge in [0.05, 0.1) is 26.6 Å². The van der Waals surface area contributed by atoms with Gasteiger partial charge < -0.3 is 30.4 Å². The number of esters is 2. The largest absolute Gasteiger partial charge is 0.467 e. The van der Waals surface area contributed by atoms with Crippen LogP contribution in [0.2, 0.25) is 0 Å². The first-order valence-corrected chi connectivity index (χ1v) is 16.3. The Morgan fingerprint density at radius 1 is 0.880 bits per heavy atom.